The van der Waals surface area contributed by atoms with Crippen LogP contribution < -0.4 is 5.32 Å². The van der Waals surface area contributed by atoms with Gasteiger partial charge in [0.25, 0.3) is 0 Å². The van der Waals surface area contributed by atoms with Gasteiger partial charge >= 0.3 is 5.97 Å². The third-order valence-corrected chi connectivity index (χ3v) is 17.2. The van der Waals surface area contributed by atoms with Crippen LogP contribution in [-0.2, 0) is 14.3 Å². The van der Waals surface area contributed by atoms with Crippen LogP contribution in [0, 0.1) is 0 Å². The molecule has 0 saturated carbocycles. The highest BCUT2D eigenvalue weighted by Crippen LogP contribution is 2.19. The number of allylic oxidation sites excluding steroid dienone is 6. The summed E-state index contributed by atoms with van der Waals surface area (Å²) in [5, 5.41) is 23.4. The molecule has 0 aliphatic carbocycles. The second kappa shape index (κ2) is 70.6. The fourth-order valence-electron chi connectivity index (χ4n) is 11.6. The summed E-state index contributed by atoms with van der Waals surface area (Å²) in [6.07, 6.45) is 90.6. The van der Waals surface area contributed by atoms with Gasteiger partial charge in [0, 0.05) is 12.8 Å². The highest BCUT2D eigenvalue weighted by atomic mass is 16.5. The molecule has 0 heterocycles. The number of unbranched alkanes of at least 4 members (excludes halogenated alkanes) is 52. The van der Waals surface area contributed by atoms with Crippen LogP contribution in [0.15, 0.2) is 36.5 Å². The zero-order valence-corrected chi connectivity index (χ0v) is 54.8. The number of carbonyl (C=O) groups excluding carboxylic acids is 2. The molecule has 0 aromatic carbocycles. The van der Waals surface area contributed by atoms with E-state index in [1.165, 1.54) is 321 Å². The maximum absolute atomic E-state index is 12.5. The first kappa shape index (κ1) is 79.1. The molecule has 478 valence electrons. The Morgan fingerprint density at radius 1 is 0.346 bits per heavy atom. The Balaban J connectivity index is 3.36. The Labute approximate surface area is 506 Å². The zero-order chi connectivity index (χ0) is 58.5. The Hall–Kier alpha value is -1.92. The first-order chi connectivity index (χ1) is 40.0. The summed E-state index contributed by atoms with van der Waals surface area (Å²) in [4.78, 5) is 24.6. The minimum atomic E-state index is -0.663. The van der Waals surface area contributed by atoms with Crippen molar-refractivity contribution in [2.24, 2.45) is 0 Å². The predicted octanol–water partition coefficient (Wildman–Crippen LogP) is 23.9. The van der Waals surface area contributed by atoms with E-state index in [9.17, 15) is 19.8 Å². The molecule has 0 aromatic rings. The van der Waals surface area contributed by atoms with E-state index in [2.05, 4.69) is 55.6 Å². The molecule has 3 N–H and O–H groups in total. The molecular weight excluding hydrogens is 995 g/mol. The van der Waals surface area contributed by atoms with Crippen LogP contribution in [0.1, 0.15) is 406 Å². The van der Waals surface area contributed by atoms with Crippen LogP contribution in [0.3, 0.4) is 0 Å². The second-order valence-corrected chi connectivity index (χ2v) is 25.3. The third kappa shape index (κ3) is 67.1. The Bertz CT molecular complexity index is 1310. The zero-order valence-electron chi connectivity index (χ0n) is 54.8. The smallest absolute Gasteiger partial charge is 0.305 e. The van der Waals surface area contributed by atoms with Crippen LogP contribution in [-0.4, -0.2) is 47.4 Å². The predicted molar refractivity (Wildman–Crippen MR) is 356 cm³/mol. The summed E-state index contributed by atoms with van der Waals surface area (Å²) in [5.41, 5.74) is 0. The van der Waals surface area contributed by atoms with Crippen molar-refractivity contribution in [1.82, 2.24) is 5.32 Å². The van der Waals surface area contributed by atoms with Crippen molar-refractivity contribution in [3.05, 3.63) is 36.5 Å². The van der Waals surface area contributed by atoms with Crippen molar-refractivity contribution in [3.8, 4) is 0 Å². The number of aliphatic hydroxyl groups is 2. The van der Waals surface area contributed by atoms with E-state index in [1.54, 1.807) is 0 Å². The standard InChI is InChI=1S/C75H143NO5/c1-3-5-7-9-11-13-15-17-19-36-40-43-47-51-55-59-63-67-73(78)72(71-77)76-74(79)68-64-60-56-52-48-44-41-37-34-32-30-28-26-24-22-20-21-23-25-27-29-31-33-35-38-42-46-50-54-58-62-66-70-81-75(80)69-65-61-57-53-49-45-39-18-16-14-12-10-8-6-4-2/h12,14,18,23,25,39,72-73,77-78H,3-11,13,15-17,19-22,24,26-38,40-71H2,1-2H3,(H,76,79)/b14-12-,25-23-,39-18-. The van der Waals surface area contributed by atoms with Gasteiger partial charge in [0.05, 0.1) is 25.4 Å². The van der Waals surface area contributed by atoms with Crippen molar-refractivity contribution in [3.63, 3.8) is 0 Å². The Kier molecular flexibility index (Phi) is 68.9. The third-order valence-electron chi connectivity index (χ3n) is 17.2. The topological polar surface area (TPSA) is 95.9 Å². The number of ether oxygens (including phenoxy) is 1. The van der Waals surface area contributed by atoms with Crippen LogP contribution >= 0.6 is 0 Å². The largest absolute Gasteiger partial charge is 0.466 e. The molecule has 0 aliphatic rings. The van der Waals surface area contributed by atoms with Gasteiger partial charge < -0.3 is 20.3 Å². The molecule has 2 unspecified atom stereocenters. The summed E-state index contributed by atoms with van der Waals surface area (Å²) in [6, 6.07) is -0.540. The molecule has 0 fully saturated rings. The highest BCUT2D eigenvalue weighted by molar-refractivity contribution is 5.76. The first-order valence-corrected chi connectivity index (χ1v) is 36.7. The molecule has 0 saturated heterocycles. The lowest BCUT2D eigenvalue weighted by atomic mass is 10.0. The average molecular weight is 1140 g/mol. The number of esters is 1. The fraction of sp³-hybridized carbons (Fsp3) is 0.893. The molecule has 6 heteroatoms. The minimum Gasteiger partial charge on any atom is -0.466 e. The Morgan fingerprint density at radius 2 is 0.617 bits per heavy atom. The molecule has 6 nitrogen and oxygen atoms in total. The first-order valence-electron chi connectivity index (χ1n) is 36.7. The molecule has 0 aromatic heterocycles. The number of hydrogen-bond donors (Lipinski definition) is 3. The number of aliphatic hydroxyl groups excluding tert-OH is 2. The molecule has 0 spiro atoms. The Morgan fingerprint density at radius 3 is 0.975 bits per heavy atom. The van der Waals surface area contributed by atoms with Gasteiger partial charge in [-0.1, -0.05) is 346 Å². The minimum absolute atomic E-state index is 0.00459. The van der Waals surface area contributed by atoms with E-state index in [0.29, 0.717) is 25.9 Å². The number of rotatable bonds is 69. The summed E-state index contributed by atoms with van der Waals surface area (Å²) < 4.78 is 5.49. The van der Waals surface area contributed by atoms with E-state index in [0.717, 1.165) is 51.4 Å². The lowest BCUT2D eigenvalue weighted by Gasteiger charge is -2.22. The van der Waals surface area contributed by atoms with Gasteiger partial charge in [0.1, 0.15) is 0 Å². The molecular formula is C75H143NO5. The molecule has 0 radical (unpaired) electrons. The van der Waals surface area contributed by atoms with Crippen molar-refractivity contribution in [2.45, 2.75) is 418 Å². The van der Waals surface area contributed by atoms with Crippen LogP contribution in [0.2, 0.25) is 0 Å². The molecule has 81 heavy (non-hydrogen) atoms. The maximum Gasteiger partial charge on any atom is 0.305 e. The second-order valence-electron chi connectivity index (χ2n) is 25.3. The number of hydrogen-bond acceptors (Lipinski definition) is 5. The van der Waals surface area contributed by atoms with Gasteiger partial charge in [-0.3, -0.25) is 9.59 Å². The summed E-state index contributed by atoms with van der Waals surface area (Å²) in [7, 11) is 0. The van der Waals surface area contributed by atoms with Gasteiger partial charge in [-0.05, 0) is 83.5 Å². The molecule has 0 bridgehead atoms. The van der Waals surface area contributed by atoms with Crippen molar-refractivity contribution < 1.29 is 24.5 Å². The van der Waals surface area contributed by atoms with E-state index >= 15 is 0 Å². The quantitative estimate of drug-likeness (QED) is 0.0320. The number of amides is 1. The highest BCUT2D eigenvalue weighted by Gasteiger charge is 2.20. The number of nitrogens with one attached hydrogen (secondary N) is 1. The van der Waals surface area contributed by atoms with Gasteiger partial charge in [-0.2, -0.15) is 0 Å². The van der Waals surface area contributed by atoms with E-state index in [4.69, 9.17) is 4.74 Å². The van der Waals surface area contributed by atoms with Crippen LogP contribution in [0.5, 0.6) is 0 Å². The van der Waals surface area contributed by atoms with Gasteiger partial charge in [0.2, 0.25) is 5.91 Å². The van der Waals surface area contributed by atoms with E-state index in [-0.39, 0.29) is 18.5 Å². The molecule has 2 atom stereocenters. The summed E-state index contributed by atoms with van der Waals surface area (Å²) in [6.45, 7) is 4.96. The van der Waals surface area contributed by atoms with Gasteiger partial charge in [-0.25, -0.2) is 0 Å². The van der Waals surface area contributed by atoms with Crippen LogP contribution in [0.4, 0.5) is 0 Å². The monoisotopic (exact) mass is 1140 g/mol. The fourth-order valence-corrected chi connectivity index (χ4v) is 11.6. The summed E-state index contributed by atoms with van der Waals surface area (Å²) >= 11 is 0. The molecule has 1 amide bonds. The molecule has 0 aliphatic heterocycles. The lowest BCUT2D eigenvalue weighted by molar-refractivity contribution is -0.143. The van der Waals surface area contributed by atoms with E-state index in [1.807, 2.05) is 0 Å². The maximum atomic E-state index is 12.5. The van der Waals surface area contributed by atoms with Gasteiger partial charge in [0.15, 0.2) is 0 Å². The van der Waals surface area contributed by atoms with Crippen LogP contribution in [0.25, 0.3) is 0 Å². The van der Waals surface area contributed by atoms with Gasteiger partial charge in [-0.15, -0.1) is 0 Å². The SMILES string of the molecule is CCCCC/C=C\C/C=C\CCCCCCCC(=O)OCCCCCCCCCCCCCC/C=C\CCCCCCCCCCCCCCCCCCC(=O)NC(CO)C(O)CCCCCCCCCCCCCCCCCCC. The van der Waals surface area contributed by atoms with Crippen molar-refractivity contribution in [2.75, 3.05) is 13.2 Å². The van der Waals surface area contributed by atoms with Crippen molar-refractivity contribution in [1.29, 1.82) is 0 Å². The lowest BCUT2D eigenvalue weighted by Crippen LogP contribution is -2.45. The normalized spacial score (nSPS) is 12.7. The summed E-state index contributed by atoms with van der Waals surface area (Å²) in [5.74, 6) is -0.0243. The number of carbonyl (C=O) groups is 2. The molecule has 0 rings (SSSR count). The van der Waals surface area contributed by atoms with Crippen molar-refractivity contribution >= 4 is 11.9 Å². The van der Waals surface area contributed by atoms with E-state index < -0.39 is 12.1 Å². The average Bonchev–Trinajstić information content (AvgIpc) is 3.47.